The van der Waals surface area contributed by atoms with Crippen molar-refractivity contribution >= 4 is 17.9 Å². The summed E-state index contributed by atoms with van der Waals surface area (Å²) in [6.07, 6.45) is 90.0. The highest BCUT2D eigenvalue weighted by molar-refractivity contribution is 5.71. The van der Waals surface area contributed by atoms with Crippen molar-refractivity contribution in [1.82, 2.24) is 0 Å². The van der Waals surface area contributed by atoms with Gasteiger partial charge in [-0.25, -0.2) is 0 Å². The highest BCUT2D eigenvalue weighted by Gasteiger charge is 2.19. The zero-order chi connectivity index (χ0) is 52.9. The van der Waals surface area contributed by atoms with Crippen LogP contribution in [0.1, 0.15) is 188 Å². The standard InChI is InChI=1S/C67H98O6/c1-4-7-10-13-16-19-22-25-28-31-33-36-39-42-45-48-51-54-57-60-66(69)72-63-64(62-71-65(68)59-56-53-50-47-44-41-38-35-30-27-24-21-18-15-12-9-6-3)73-67(70)61-58-55-52-49-46-43-40-37-34-32-29-26-23-20-17-14-11-8-5-2/h7-12,16-21,25-30,33-34,36-38,41-43,45-47,50-51,54,64H,4-6,13-15,22-24,31-32,35,39-40,44,48-49,52-53,55-63H2,1-3H3/b10-7+,11-8+,12-9+,19-16+,20-17+,21-18+,28-25+,29-26+,30-27+,36-33+,37-34+,41-38+,45-42+,46-43+,50-47+,54-51+/t64-/m1/s1. The fraction of sp³-hybridized carbons (Fsp3) is 0.478. The van der Waals surface area contributed by atoms with Crippen LogP contribution >= 0.6 is 0 Å². The van der Waals surface area contributed by atoms with E-state index in [1.54, 1.807) is 0 Å². The Kier molecular flexibility index (Phi) is 54.2. The Morgan fingerprint density at radius 3 is 0.863 bits per heavy atom. The number of unbranched alkanes of at least 4 members (excludes halogenated alkanes) is 4. The van der Waals surface area contributed by atoms with Crippen LogP contribution in [0, 0.1) is 0 Å². The largest absolute Gasteiger partial charge is 0.462 e. The molecule has 0 aliphatic carbocycles. The van der Waals surface area contributed by atoms with E-state index in [-0.39, 0.29) is 50.4 Å². The SMILES string of the molecule is CC/C=C/C/C=C/C/C=C/C/C=C/C/C=C/C/C=C/CCC(=O)OC[C@@H](COC(=O)CCC/C=C/C/C=C/C/C=C/C/C=C/C/C=C/CC)OC(=O)CCCCC/C=C/C/C=C/C/C=C/C/C=C/C/C=C/CC. The normalized spacial score (nSPS) is 13.6. The molecule has 0 amide bonds. The number of allylic oxidation sites excluding steroid dienone is 32. The lowest BCUT2D eigenvalue weighted by molar-refractivity contribution is -0.166. The summed E-state index contributed by atoms with van der Waals surface area (Å²) in [6.45, 7) is 6.12. The van der Waals surface area contributed by atoms with Crippen LogP contribution in [0.3, 0.4) is 0 Å². The van der Waals surface area contributed by atoms with Gasteiger partial charge in [0, 0.05) is 19.3 Å². The average Bonchev–Trinajstić information content (AvgIpc) is 3.39. The van der Waals surface area contributed by atoms with Crippen molar-refractivity contribution in [3.8, 4) is 0 Å². The minimum absolute atomic E-state index is 0.156. The third-order valence-corrected chi connectivity index (χ3v) is 10.6. The van der Waals surface area contributed by atoms with Crippen molar-refractivity contribution < 1.29 is 28.6 Å². The number of hydrogen-bond donors (Lipinski definition) is 0. The van der Waals surface area contributed by atoms with Gasteiger partial charge in [-0.2, -0.15) is 0 Å². The van der Waals surface area contributed by atoms with Crippen LogP contribution in [0.15, 0.2) is 194 Å². The lowest BCUT2D eigenvalue weighted by Crippen LogP contribution is -2.30. The number of carbonyl (C=O) groups excluding carboxylic acids is 3. The highest BCUT2D eigenvalue weighted by Crippen LogP contribution is 2.10. The fourth-order valence-corrected chi connectivity index (χ4v) is 6.53. The Morgan fingerprint density at radius 2 is 0.534 bits per heavy atom. The molecule has 0 saturated carbocycles. The molecule has 0 saturated heterocycles. The number of carbonyl (C=O) groups is 3. The summed E-state index contributed by atoms with van der Waals surface area (Å²) in [5, 5.41) is 0. The topological polar surface area (TPSA) is 78.9 Å². The molecule has 402 valence electrons. The van der Waals surface area contributed by atoms with E-state index in [1.807, 2.05) is 12.2 Å². The number of ether oxygens (including phenoxy) is 3. The minimum atomic E-state index is -0.862. The van der Waals surface area contributed by atoms with Crippen molar-refractivity contribution in [1.29, 1.82) is 0 Å². The van der Waals surface area contributed by atoms with Gasteiger partial charge in [-0.15, -0.1) is 0 Å². The molecule has 0 aliphatic heterocycles. The third-order valence-electron chi connectivity index (χ3n) is 10.6. The van der Waals surface area contributed by atoms with Crippen LogP contribution in [0.4, 0.5) is 0 Å². The third kappa shape index (κ3) is 57.0. The van der Waals surface area contributed by atoms with Crippen LogP contribution in [-0.2, 0) is 28.6 Å². The minimum Gasteiger partial charge on any atom is -0.462 e. The second-order valence-corrected chi connectivity index (χ2v) is 17.3. The van der Waals surface area contributed by atoms with Crippen LogP contribution in [-0.4, -0.2) is 37.2 Å². The van der Waals surface area contributed by atoms with E-state index in [0.29, 0.717) is 19.3 Å². The molecular formula is C67H98O6. The second kappa shape index (κ2) is 58.8. The molecule has 0 aromatic heterocycles. The maximum Gasteiger partial charge on any atom is 0.306 e. The molecule has 0 unspecified atom stereocenters. The molecule has 73 heavy (non-hydrogen) atoms. The molecule has 0 heterocycles. The van der Waals surface area contributed by atoms with E-state index in [9.17, 15) is 14.4 Å². The van der Waals surface area contributed by atoms with E-state index in [2.05, 4.69) is 203 Å². The van der Waals surface area contributed by atoms with Gasteiger partial charge in [-0.1, -0.05) is 222 Å². The van der Waals surface area contributed by atoms with Crippen molar-refractivity contribution in [2.75, 3.05) is 13.2 Å². The summed E-state index contributed by atoms with van der Waals surface area (Å²) < 4.78 is 16.7. The molecule has 0 fully saturated rings. The van der Waals surface area contributed by atoms with E-state index in [1.165, 1.54) is 0 Å². The molecule has 0 aliphatic rings. The van der Waals surface area contributed by atoms with Gasteiger partial charge in [0.2, 0.25) is 0 Å². The molecule has 0 radical (unpaired) electrons. The lowest BCUT2D eigenvalue weighted by atomic mass is 10.1. The van der Waals surface area contributed by atoms with Gasteiger partial charge in [0.25, 0.3) is 0 Å². The van der Waals surface area contributed by atoms with Gasteiger partial charge in [0.1, 0.15) is 13.2 Å². The van der Waals surface area contributed by atoms with Crippen LogP contribution < -0.4 is 0 Å². The summed E-state index contributed by atoms with van der Waals surface area (Å²) in [7, 11) is 0. The van der Waals surface area contributed by atoms with E-state index in [4.69, 9.17) is 14.2 Å². The Labute approximate surface area is 446 Å². The lowest BCUT2D eigenvalue weighted by Gasteiger charge is -2.18. The molecule has 0 rings (SSSR count). The van der Waals surface area contributed by atoms with Gasteiger partial charge in [-0.3, -0.25) is 14.4 Å². The zero-order valence-corrected chi connectivity index (χ0v) is 45.8. The predicted molar refractivity (Wildman–Crippen MR) is 315 cm³/mol. The summed E-state index contributed by atoms with van der Waals surface area (Å²) in [5.74, 6) is -1.14. The zero-order valence-electron chi connectivity index (χ0n) is 45.8. The first-order valence-electron chi connectivity index (χ1n) is 27.9. The van der Waals surface area contributed by atoms with Crippen molar-refractivity contribution in [3.05, 3.63) is 194 Å². The van der Waals surface area contributed by atoms with Crippen molar-refractivity contribution in [2.24, 2.45) is 0 Å². The number of hydrogen-bond acceptors (Lipinski definition) is 6. The summed E-state index contributed by atoms with van der Waals surface area (Å²) >= 11 is 0. The average molecular weight is 1000 g/mol. The molecule has 0 N–H and O–H groups in total. The molecular weight excluding hydrogens is 901 g/mol. The van der Waals surface area contributed by atoms with Gasteiger partial charge >= 0.3 is 17.9 Å². The Hall–Kier alpha value is -5.75. The number of esters is 3. The first-order valence-corrected chi connectivity index (χ1v) is 27.9. The summed E-state index contributed by atoms with van der Waals surface area (Å²) in [5.41, 5.74) is 0. The van der Waals surface area contributed by atoms with Crippen molar-refractivity contribution in [2.45, 2.75) is 194 Å². The Morgan fingerprint density at radius 1 is 0.274 bits per heavy atom. The first kappa shape index (κ1) is 67.2. The Bertz CT molecular complexity index is 1810. The quantitative estimate of drug-likeness (QED) is 0.0262. The van der Waals surface area contributed by atoms with Gasteiger partial charge in [-0.05, 0) is 141 Å². The molecule has 0 bridgehead atoms. The monoisotopic (exact) mass is 999 g/mol. The van der Waals surface area contributed by atoms with Crippen LogP contribution in [0.25, 0.3) is 0 Å². The molecule has 6 heteroatoms. The van der Waals surface area contributed by atoms with Gasteiger partial charge in [0.15, 0.2) is 6.10 Å². The summed E-state index contributed by atoms with van der Waals surface area (Å²) in [4.78, 5) is 38.1. The molecule has 0 spiro atoms. The van der Waals surface area contributed by atoms with Gasteiger partial charge < -0.3 is 14.2 Å². The fourth-order valence-electron chi connectivity index (χ4n) is 6.53. The van der Waals surface area contributed by atoms with E-state index in [0.717, 1.165) is 128 Å². The van der Waals surface area contributed by atoms with Crippen molar-refractivity contribution in [3.63, 3.8) is 0 Å². The predicted octanol–water partition coefficient (Wildman–Crippen LogP) is 19.1. The molecule has 1 atom stereocenters. The van der Waals surface area contributed by atoms with E-state index < -0.39 is 6.10 Å². The maximum absolute atomic E-state index is 12.9. The maximum atomic E-state index is 12.9. The van der Waals surface area contributed by atoms with Crippen LogP contribution in [0.5, 0.6) is 0 Å². The molecule has 6 nitrogen and oxygen atoms in total. The van der Waals surface area contributed by atoms with Gasteiger partial charge in [0.05, 0.1) is 0 Å². The molecule has 0 aromatic rings. The second-order valence-electron chi connectivity index (χ2n) is 17.3. The van der Waals surface area contributed by atoms with E-state index >= 15 is 0 Å². The molecule has 0 aromatic carbocycles. The highest BCUT2D eigenvalue weighted by atomic mass is 16.6. The van der Waals surface area contributed by atoms with Crippen LogP contribution in [0.2, 0.25) is 0 Å². The summed E-state index contributed by atoms with van der Waals surface area (Å²) in [6, 6.07) is 0. The number of rotatable bonds is 47. The first-order chi connectivity index (χ1) is 36.0. The smallest absolute Gasteiger partial charge is 0.306 e. The Balaban J connectivity index is 4.71.